The second-order valence-corrected chi connectivity index (χ2v) is 9.48. The summed E-state index contributed by atoms with van der Waals surface area (Å²) >= 11 is 1.57. The van der Waals surface area contributed by atoms with Gasteiger partial charge in [-0.05, 0) is 77.0 Å². The summed E-state index contributed by atoms with van der Waals surface area (Å²) in [6, 6.07) is 24.3. The minimum atomic E-state index is -0.633. The van der Waals surface area contributed by atoms with Gasteiger partial charge in [0.15, 0.2) is 5.82 Å². The van der Waals surface area contributed by atoms with Crippen molar-refractivity contribution in [2.45, 2.75) is 6.54 Å². The molecule has 0 saturated carbocycles. The minimum absolute atomic E-state index is 0.0596. The largest absolute Gasteiger partial charge is 0.497 e. The summed E-state index contributed by atoms with van der Waals surface area (Å²) in [4.78, 5) is 33.7. The van der Waals surface area contributed by atoms with Crippen LogP contribution in [0.5, 0.6) is 11.5 Å². The molecule has 2 heterocycles. The van der Waals surface area contributed by atoms with Gasteiger partial charge in [-0.1, -0.05) is 18.2 Å². The summed E-state index contributed by atoms with van der Waals surface area (Å²) in [7, 11) is 3.05. The van der Waals surface area contributed by atoms with Crippen LogP contribution in [-0.4, -0.2) is 31.0 Å². The quantitative estimate of drug-likeness (QED) is 0.227. The zero-order valence-corrected chi connectivity index (χ0v) is 22.6. The van der Waals surface area contributed by atoms with Crippen molar-refractivity contribution in [1.29, 1.82) is 5.26 Å². The number of para-hydroxylation sites is 1. The number of pyridine rings is 1. The van der Waals surface area contributed by atoms with Crippen molar-refractivity contribution in [3.8, 4) is 17.6 Å². The van der Waals surface area contributed by atoms with E-state index in [1.54, 1.807) is 65.9 Å². The Bertz CT molecular complexity index is 1650. The molecule has 0 bridgehead atoms. The number of rotatable bonds is 8. The normalized spacial score (nSPS) is 10.5. The lowest BCUT2D eigenvalue weighted by molar-refractivity contribution is 0.0896. The molecule has 0 aliphatic carbocycles. The number of ether oxygens (including phenoxy) is 2. The van der Waals surface area contributed by atoms with Crippen molar-refractivity contribution in [2.24, 2.45) is 0 Å². The lowest BCUT2D eigenvalue weighted by atomic mass is 10.1. The third-order valence-corrected chi connectivity index (χ3v) is 7.06. The van der Waals surface area contributed by atoms with Crippen molar-refractivity contribution in [2.75, 3.05) is 24.4 Å². The van der Waals surface area contributed by atoms with Gasteiger partial charge in [-0.3, -0.25) is 9.59 Å². The molecule has 0 unspecified atom stereocenters. The topological polar surface area (TPSA) is 105 Å². The number of thiophene rings is 1. The van der Waals surface area contributed by atoms with Crippen LogP contribution in [0.15, 0.2) is 89.6 Å². The number of aromatic nitrogens is 1. The lowest BCUT2D eigenvalue weighted by Gasteiger charge is -2.24. The van der Waals surface area contributed by atoms with Gasteiger partial charge in [-0.15, -0.1) is 0 Å². The average Bonchev–Trinajstić information content (AvgIpc) is 3.53. The van der Waals surface area contributed by atoms with Crippen molar-refractivity contribution in [3.63, 3.8) is 0 Å². The third kappa shape index (κ3) is 5.21. The van der Waals surface area contributed by atoms with Gasteiger partial charge in [0.05, 0.1) is 25.4 Å². The molecule has 0 aliphatic rings. The number of carbonyl (C=O) groups excluding carboxylic acids is 2. The molecule has 5 rings (SSSR count). The minimum Gasteiger partial charge on any atom is -0.497 e. The number of methoxy groups -OCH3 is 2. The highest BCUT2D eigenvalue weighted by Crippen LogP contribution is 2.35. The van der Waals surface area contributed by atoms with Crippen molar-refractivity contribution < 1.29 is 19.1 Å². The molecular weight excluding hydrogens is 524 g/mol. The van der Waals surface area contributed by atoms with E-state index in [-0.39, 0.29) is 22.5 Å². The number of imide groups is 1. The number of anilines is 2. The van der Waals surface area contributed by atoms with Gasteiger partial charge in [0.25, 0.3) is 11.8 Å². The molecule has 0 aliphatic heterocycles. The number of hydrogen-bond donors (Lipinski definition) is 1. The van der Waals surface area contributed by atoms with Gasteiger partial charge in [0.2, 0.25) is 0 Å². The third-order valence-electron chi connectivity index (χ3n) is 6.33. The van der Waals surface area contributed by atoms with Gasteiger partial charge in [-0.25, -0.2) is 9.88 Å². The van der Waals surface area contributed by atoms with E-state index in [1.165, 1.54) is 14.2 Å². The first-order valence-electron chi connectivity index (χ1n) is 12.3. The maximum absolute atomic E-state index is 14.0. The highest BCUT2D eigenvalue weighted by molar-refractivity contribution is 7.07. The average molecular weight is 549 g/mol. The molecule has 0 radical (unpaired) electrons. The number of hydrogen-bond acceptors (Lipinski definition) is 8. The van der Waals surface area contributed by atoms with Crippen molar-refractivity contribution in [1.82, 2.24) is 4.98 Å². The summed E-state index contributed by atoms with van der Waals surface area (Å²) in [5.41, 5.74) is 2.60. The Hall–Kier alpha value is -5.20. The van der Waals surface area contributed by atoms with Crippen LogP contribution in [-0.2, 0) is 6.54 Å². The summed E-state index contributed by atoms with van der Waals surface area (Å²) in [6.07, 6.45) is 0. The van der Waals surface area contributed by atoms with Crippen LogP contribution in [0.3, 0.4) is 0 Å². The summed E-state index contributed by atoms with van der Waals surface area (Å²) in [5.74, 6) is -0.203. The van der Waals surface area contributed by atoms with E-state index in [0.717, 1.165) is 10.5 Å². The molecule has 0 fully saturated rings. The molecule has 0 atom stereocenters. The number of nitrogens with one attached hydrogen (secondary N) is 1. The zero-order valence-electron chi connectivity index (χ0n) is 21.8. The van der Waals surface area contributed by atoms with Crippen LogP contribution in [0.1, 0.15) is 31.8 Å². The fourth-order valence-electron chi connectivity index (χ4n) is 4.24. The number of benzene rings is 3. The molecule has 8 nitrogen and oxygen atoms in total. The number of nitriles is 1. The van der Waals surface area contributed by atoms with Crippen molar-refractivity contribution >= 4 is 45.6 Å². The van der Waals surface area contributed by atoms with Gasteiger partial charge in [0, 0.05) is 23.1 Å². The molecule has 1 N–H and O–H groups in total. The molecule has 2 aromatic heterocycles. The van der Waals surface area contributed by atoms with Gasteiger partial charge >= 0.3 is 0 Å². The number of carbonyl (C=O) groups is 2. The molecule has 5 aromatic rings. The monoisotopic (exact) mass is 548 g/mol. The molecule has 0 saturated heterocycles. The van der Waals surface area contributed by atoms with Gasteiger partial charge in [-0.2, -0.15) is 16.6 Å². The van der Waals surface area contributed by atoms with Gasteiger partial charge < -0.3 is 14.8 Å². The molecule has 0 spiro atoms. The molecule has 9 heteroatoms. The SMILES string of the molecule is COc1ccc(C(=O)N(C(=O)c2ccc(OC)cc2)c2nc3ccccc3c(NCc3ccsc3)c2C#N)cc1. The maximum Gasteiger partial charge on any atom is 0.266 e. The number of amides is 2. The van der Waals surface area contributed by atoms with E-state index >= 15 is 0 Å². The molecule has 3 aromatic carbocycles. The maximum atomic E-state index is 14.0. The van der Waals surface area contributed by atoms with Crippen LogP contribution >= 0.6 is 11.3 Å². The van der Waals surface area contributed by atoms with Crippen LogP contribution in [0.2, 0.25) is 0 Å². The Balaban J connectivity index is 1.69. The van der Waals surface area contributed by atoms with E-state index in [4.69, 9.17) is 9.47 Å². The molecule has 198 valence electrons. The van der Waals surface area contributed by atoms with Gasteiger partial charge in [0.1, 0.15) is 23.1 Å². The van der Waals surface area contributed by atoms with Crippen LogP contribution in [0.25, 0.3) is 10.9 Å². The predicted molar refractivity (Wildman–Crippen MR) is 155 cm³/mol. The van der Waals surface area contributed by atoms with Crippen LogP contribution in [0.4, 0.5) is 11.5 Å². The Morgan fingerprint density at radius 1 is 0.900 bits per heavy atom. The highest BCUT2D eigenvalue weighted by atomic mass is 32.1. The Morgan fingerprint density at radius 3 is 2.02 bits per heavy atom. The fourth-order valence-corrected chi connectivity index (χ4v) is 4.91. The first kappa shape index (κ1) is 26.4. The summed E-state index contributed by atoms with van der Waals surface area (Å²) in [5, 5.41) is 18.4. The first-order chi connectivity index (χ1) is 19.5. The van der Waals surface area contributed by atoms with E-state index in [1.807, 2.05) is 35.0 Å². The lowest BCUT2D eigenvalue weighted by Crippen LogP contribution is -2.38. The van der Waals surface area contributed by atoms with E-state index in [9.17, 15) is 14.9 Å². The molecule has 40 heavy (non-hydrogen) atoms. The Kier molecular flexibility index (Phi) is 7.71. The summed E-state index contributed by atoms with van der Waals surface area (Å²) in [6.45, 7) is 0.449. The molecule has 2 amide bonds. The second-order valence-electron chi connectivity index (χ2n) is 8.70. The first-order valence-corrected chi connectivity index (χ1v) is 13.2. The zero-order chi connectivity index (χ0) is 28.1. The van der Waals surface area contributed by atoms with Crippen molar-refractivity contribution in [3.05, 3.63) is 112 Å². The standard InChI is InChI=1S/C31H24N4O4S/c1-38-23-11-7-21(8-12-23)30(36)35(31(37)22-9-13-24(39-2)14-10-22)29-26(17-32)28(33-18-20-15-16-40-19-20)25-5-3-4-6-27(25)34-29/h3-16,19H,18H2,1-2H3,(H,33,34). The Morgan fingerprint density at radius 2 is 1.50 bits per heavy atom. The fraction of sp³-hybridized carbons (Fsp3) is 0.0968. The van der Waals surface area contributed by atoms with Crippen LogP contribution < -0.4 is 19.7 Å². The summed E-state index contributed by atoms with van der Waals surface area (Å²) < 4.78 is 10.4. The van der Waals surface area contributed by atoms with Crippen LogP contribution in [0, 0.1) is 11.3 Å². The smallest absolute Gasteiger partial charge is 0.266 e. The van der Waals surface area contributed by atoms with E-state index in [2.05, 4.69) is 16.4 Å². The second kappa shape index (κ2) is 11.7. The number of fused-ring (bicyclic) bond motifs is 1. The Labute approximate surface area is 235 Å². The van der Waals surface area contributed by atoms with E-state index < -0.39 is 11.8 Å². The highest BCUT2D eigenvalue weighted by Gasteiger charge is 2.31. The number of nitrogens with zero attached hydrogens (tertiary/aromatic N) is 3. The predicted octanol–water partition coefficient (Wildman–Crippen LogP) is 6.28. The van der Waals surface area contributed by atoms with E-state index in [0.29, 0.717) is 34.6 Å². The molecular formula is C31H24N4O4S.